The Hall–Kier alpha value is -2.59. The molecule has 10 heteroatoms. The third-order valence-corrected chi connectivity index (χ3v) is 4.01. The lowest BCUT2D eigenvalue weighted by Crippen LogP contribution is -2.25. The lowest BCUT2D eigenvalue weighted by molar-refractivity contribution is -0.386. The number of anilines is 1. The van der Waals surface area contributed by atoms with E-state index in [9.17, 15) is 18.5 Å². The Morgan fingerprint density at radius 2 is 2.05 bits per heavy atom. The van der Waals surface area contributed by atoms with Gasteiger partial charge in [-0.25, -0.2) is 13.1 Å². The standard InChI is InChI=1S/C11H11N5O4S/c12-9-4-1-5-10(11(9)16(17)18)21(19,20)14-7-8-3-2-6-13-15-8/h1-6,14H,7,12H2. The summed E-state index contributed by atoms with van der Waals surface area (Å²) in [4.78, 5) is 9.66. The molecule has 1 aromatic carbocycles. The molecule has 9 nitrogen and oxygen atoms in total. The van der Waals surface area contributed by atoms with Crippen LogP contribution in [-0.2, 0) is 16.6 Å². The van der Waals surface area contributed by atoms with Crippen LogP contribution < -0.4 is 10.5 Å². The maximum Gasteiger partial charge on any atom is 0.312 e. The van der Waals surface area contributed by atoms with Crippen molar-refractivity contribution in [3.63, 3.8) is 0 Å². The fourth-order valence-electron chi connectivity index (χ4n) is 1.63. The van der Waals surface area contributed by atoms with E-state index < -0.39 is 25.5 Å². The highest BCUT2D eigenvalue weighted by atomic mass is 32.2. The van der Waals surface area contributed by atoms with Crippen molar-refractivity contribution in [2.24, 2.45) is 0 Å². The van der Waals surface area contributed by atoms with Crippen LogP contribution in [0.5, 0.6) is 0 Å². The number of nitrogens with one attached hydrogen (secondary N) is 1. The Kier molecular flexibility index (Phi) is 4.10. The topological polar surface area (TPSA) is 141 Å². The number of nitrogens with zero attached hydrogens (tertiary/aromatic N) is 3. The fourth-order valence-corrected chi connectivity index (χ4v) is 2.82. The average molecular weight is 309 g/mol. The molecule has 0 saturated heterocycles. The van der Waals surface area contributed by atoms with E-state index >= 15 is 0 Å². The first-order chi connectivity index (χ1) is 9.92. The van der Waals surface area contributed by atoms with Gasteiger partial charge in [-0.1, -0.05) is 6.07 Å². The number of hydrogen-bond donors (Lipinski definition) is 2. The normalized spacial score (nSPS) is 11.2. The fraction of sp³-hybridized carbons (Fsp3) is 0.0909. The number of aromatic nitrogens is 2. The maximum absolute atomic E-state index is 12.2. The smallest absolute Gasteiger partial charge is 0.312 e. The van der Waals surface area contributed by atoms with Gasteiger partial charge in [0.25, 0.3) is 0 Å². The highest BCUT2D eigenvalue weighted by Crippen LogP contribution is 2.29. The molecule has 0 spiro atoms. The second kappa shape index (κ2) is 5.81. The number of rotatable bonds is 5. The zero-order valence-corrected chi connectivity index (χ0v) is 11.4. The summed E-state index contributed by atoms with van der Waals surface area (Å²) in [5.41, 5.74) is 4.98. The van der Waals surface area contributed by atoms with Crippen molar-refractivity contribution >= 4 is 21.4 Å². The highest BCUT2D eigenvalue weighted by molar-refractivity contribution is 7.89. The number of nitrogen functional groups attached to an aromatic ring is 1. The number of nitro groups is 1. The molecule has 0 bridgehead atoms. The van der Waals surface area contributed by atoms with Crippen LogP contribution in [0.15, 0.2) is 41.4 Å². The van der Waals surface area contributed by atoms with Gasteiger partial charge < -0.3 is 5.73 Å². The number of para-hydroxylation sites is 1. The van der Waals surface area contributed by atoms with Gasteiger partial charge in [-0.15, -0.1) is 0 Å². The van der Waals surface area contributed by atoms with Crippen molar-refractivity contribution in [3.8, 4) is 0 Å². The summed E-state index contributed by atoms with van der Waals surface area (Å²) in [5, 5.41) is 18.3. The van der Waals surface area contributed by atoms with E-state index in [1.54, 1.807) is 12.1 Å². The van der Waals surface area contributed by atoms with Crippen LogP contribution in [-0.4, -0.2) is 23.5 Å². The molecule has 0 unspecified atom stereocenters. The summed E-state index contributed by atoms with van der Waals surface area (Å²) in [6.07, 6.45) is 1.45. The van der Waals surface area contributed by atoms with Crippen LogP contribution >= 0.6 is 0 Å². The van der Waals surface area contributed by atoms with Gasteiger partial charge in [-0.2, -0.15) is 10.2 Å². The van der Waals surface area contributed by atoms with Gasteiger partial charge in [0, 0.05) is 6.20 Å². The molecule has 0 radical (unpaired) electrons. The molecule has 3 N–H and O–H groups in total. The molecule has 21 heavy (non-hydrogen) atoms. The van der Waals surface area contributed by atoms with Crippen molar-refractivity contribution in [1.82, 2.24) is 14.9 Å². The molecule has 0 amide bonds. The highest BCUT2D eigenvalue weighted by Gasteiger charge is 2.27. The van der Waals surface area contributed by atoms with Crippen molar-refractivity contribution in [3.05, 3.63) is 52.3 Å². The minimum atomic E-state index is -4.10. The second-order valence-corrected chi connectivity index (χ2v) is 5.73. The Morgan fingerprint density at radius 3 is 2.67 bits per heavy atom. The van der Waals surface area contributed by atoms with Crippen molar-refractivity contribution < 1.29 is 13.3 Å². The summed E-state index contributed by atoms with van der Waals surface area (Å²) >= 11 is 0. The molecule has 0 aliphatic carbocycles. The average Bonchev–Trinajstić information content (AvgIpc) is 2.46. The van der Waals surface area contributed by atoms with Crippen LogP contribution in [0.25, 0.3) is 0 Å². The Morgan fingerprint density at radius 1 is 1.29 bits per heavy atom. The minimum absolute atomic E-state index is 0.137. The lowest BCUT2D eigenvalue weighted by atomic mass is 10.3. The molecule has 0 atom stereocenters. The largest absolute Gasteiger partial charge is 0.393 e. The monoisotopic (exact) mass is 309 g/mol. The molecule has 2 aromatic rings. The quantitative estimate of drug-likeness (QED) is 0.464. The Labute approximate surface area is 120 Å². The van der Waals surface area contributed by atoms with E-state index in [0.29, 0.717) is 5.69 Å². The zero-order valence-electron chi connectivity index (χ0n) is 10.6. The van der Waals surface area contributed by atoms with E-state index in [4.69, 9.17) is 5.73 Å². The van der Waals surface area contributed by atoms with Crippen LogP contribution in [0.3, 0.4) is 0 Å². The van der Waals surface area contributed by atoms with E-state index in [0.717, 1.165) is 6.07 Å². The molecule has 1 aromatic heterocycles. The first-order valence-corrected chi connectivity index (χ1v) is 7.19. The van der Waals surface area contributed by atoms with E-state index in [1.807, 2.05) is 0 Å². The molecule has 2 rings (SSSR count). The molecule has 110 valence electrons. The number of hydrogen-bond acceptors (Lipinski definition) is 7. The molecule has 0 aliphatic heterocycles. The Balaban J connectivity index is 2.32. The third-order valence-electron chi connectivity index (χ3n) is 2.57. The van der Waals surface area contributed by atoms with Crippen molar-refractivity contribution in [1.29, 1.82) is 0 Å². The molecular weight excluding hydrogens is 298 g/mol. The molecular formula is C11H11N5O4S. The molecule has 1 heterocycles. The van der Waals surface area contributed by atoms with Gasteiger partial charge in [0.15, 0.2) is 4.90 Å². The van der Waals surface area contributed by atoms with E-state index in [1.165, 1.54) is 18.3 Å². The number of nitrogens with two attached hydrogens (primary N) is 1. The van der Waals surface area contributed by atoms with Crippen LogP contribution in [0, 0.1) is 10.1 Å². The first-order valence-electron chi connectivity index (χ1n) is 5.71. The Bertz CT molecular complexity index is 763. The van der Waals surface area contributed by atoms with E-state index in [2.05, 4.69) is 14.9 Å². The lowest BCUT2D eigenvalue weighted by Gasteiger charge is -2.07. The second-order valence-electron chi connectivity index (χ2n) is 3.99. The molecule has 0 saturated carbocycles. The molecule has 0 aliphatic rings. The van der Waals surface area contributed by atoms with Crippen LogP contribution in [0.4, 0.5) is 11.4 Å². The van der Waals surface area contributed by atoms with E-state index in [-0.39, 0.29) is 12.2 Å². The van der Waals surface area contributed by atoms with Gasteiger partial charge in [-0.05, 0) is 24.3 Å². The van der Waals surface area contributed by atoms with Crippen LogP contribution in [0.2, 0.25) is 0 Å². The van der Waals surface area contributed by atoms with Crippen molar-refractivity contribution in [2.45, 2.75) is 11.4 Å². The molecule has 0 fully saturated rings. The summed E-state index contributed by atoms with van der Waals surface area (Å²) in [6, 6.07) is 6.88. The van der Waals surface area contributed by atoms with Gasteiger partial charge in [-0.3, -0.25) is 10.1 Å². The summed E-state index contributed by atoms with van der Waals surface area (Å²) < 4.78 is 26.6. The van der Waals surface area contributed by atoms with Crippen LogP contribution in [0.1, 0.15) is 5.69 Å². The van der Waals surface area contributed by atoms with Gasteiger partial charge in [0.1, 0.15) is 5.69 Å². The third kappa shape index (κ3) is 3.30. The zero-order chi connectivity index (χ0) is 15.5. The summed E-state index contributed by atoms with van der Waals surface area (Å²) in [5.74, 6) is 0. The van der Waals surface area contributed by atoms with Crippen molar-refractivity contribution in [2.75, 3.05) is 5.73 Å². The van der Waals surface area contributed by atoms with Gasteiger partial charge >= 0.3 is 5.69 Å². The predicted octanol–water partition coefficient (Wildman–Crippen LogP) is 0.446. The number of nitro benzene ring substituents is 1. The maximum atomic E-state index is 12.2. The number of benzene rings is 1. The van der Waals surface area contributed by atoms with Gasteiger partial charge in [0.05, 0.1) is 17.2 Å². The summed E-state index contributed by atoms with van der Waals surface area (Å²) in [6.45, 7) is -0.137. The summed E-state index contributed by atoms with van der Waals surface area (Å²) in [7, 11) is -4.10. The number of sulfonamides is 1. The first kappa shape index (κ1) is 14.8. The van der Waals surface area contributed by atoms with Gasteiger partial charge in [0.2, 0.25) is 10.0 Å². The minimum Gasteiger partial charge on any atom is -0.393 e. The predicted molar refractivity (Wildman–Crippen MR) is 73.6 cm³/mol. The SMILES string of the molecule is Nc1cccc(S(=O)(=O)NCc2cccnn2)c1[N+](=O)[O-].